The second kappa shape index (κ2) is 6.44. The molecule has 1 aliphatic rings. The van der Waals surface area contributed by atoms with Gasteiger partial charge >= 0.3 is 6.03 Å². The lowest BCUT2D eigenvalue weighted by molar-refractivity contribution is 0.0517. The number of carbonyl (C=O) groups is 1. The molecule has 0 aromatic carbocycles. The highest BCUT2D eigenvalue weighted by Crippen LogP contribution is 2.16. The molecular weight excluding hydrogens is 236 g/mol. The molecule has 104 valence electrons. The maximum Gasteiger partial charge on any atom is 0.318 e. The van der Waals surface area contributed by atoms with Gasteiger partial charge in [0, 0.05) is 13.1 Å². The Labute approximate surface area is 107 Å². The highest BCUT2D eigenvalue weighted by Gasteiger charge is 2.34. The van der Waals surface area contributed by atoms with Gasteiger partial charge in [-0.2, -0.15) is 0 Å². The number of nitrogens with zero attached hydrogens (tertiary/aromatic N) is 2. The van der Waals surface area contributed by atoms with Crippen LogP contribution in [-0.2, 0) is 4.74 Å². The van der Waals surface area contributed by atoms with Crippen LogP contribution in [0.4, 0.5) is 4.79 Å². The molecule has 0 atom stereocenters. The van der Waals surface area contributed by atoms with Crippen LogP contribution in [0.5, 0.6) is 0 Å². The average molecular weight is 258 g/mol. The van der Waals surface area contributed by atoms with E-state index in [4.69, 9.17) is 15.7 Å². The first-order valence-electron chi connectivity index (χ1n) is 6.22. The predicted octanol–water partition coefficient (Wildman–Crippen LogP) is 0.333. The van der Waals surface area contributed by atoms with Gasteiger partial charge in [0.25, 0.3) is 0 Å². The molecule has 0 aliphatic carbocycles. The van der Waals surface area contributed by atoms with E-state index in [1.807, 2.05) is 13.8 Å². The summed E-state index contributed by atoms with van der Waals surface area (Å²) in [5.74, 6) is 0.0362. The summed E-state index contributed by atoms with van der Waals surface area (Å²) in [4.78, 5) is 13.8. The minimum absolute atomic E-state index is 0.0362. The molecule has 0 spiro atoms. The van der Waals surface area contributed by atoms with Gasteiger partial charge in [-0.1, -0.05) is 19.0 Å². The molecule has 1 rings (SSSR count). The molecule has 0 aromatic heterocycles. The largest absolute Gasteiger partial charge is 0.409 e. The first-order valence-corrected chi connectivity index (χ1v) is 6.22. The minimum atomic E-state index is -0.788. The molecule has 0 saturated carbocycles. The number of urea groups is 1. The van der Waals surface area contributed by atoms with Gasteiger partial charge in [0.2, 0.25) is 0 Å². The first kappa shape index (κ1) is 14.6. The molecule has 7 heteroatoms. The van der Waals surface area contributed by atoms with Crippen LogP contribution in [0.3, 0.4) is 0 Å². The highest BCUT2D eigenvalue weighted by atomic mass is 16.5. The Morgan fingerprint density at radius 2 is 2.00 bits per heavy atom. The van der Waals surface area contributed by atoms with Crippen molar-refractivity contribution < 1.29 is 14.7 Å². The van der Waals surface area contributed by atoms with Crippen molar-refractivity contribution in [2.24, 2.45) is 10.9 Å². The third-order valence-corrected chi connectivity index (χ3v) is 3.45. The van der Waals surface area contributed by atoms with Crippen LogP contribution in [0.25, 0.3) is 0 Å². The molecular formula is C11H22N4O3. The number of hydrogen-bond donors (Lipinski definition) is 3. The van der Waals surface area contributed by atoms with Crippen LogP contribution in [0.15, 0.2) is 5.16 Å². The smallest absolute Gasteiger partial charge is 0.318 e. The summed E-state index contributed by atoms with van der Waals surface area (Å²) < 4.78 is 5.19. The molecule has 0 aromatic rings. The van der Waals surface area contributed by atoms with E-state index < -0.39 is 5.54 Å². The fraction of sp³-hybridized carbons (Fsp3) is 0.818. The predicted molar refractivity (Wildman–Crippen MR) is 67.6 cm³/mol. The number of nitrogens with two attached hydrogens (primary N) is 1. The Morgan fingerprint density at radius 1 is 1.44 bits per heavy atom. The lowest BCUT2D eigenvalue weighted by Gasteiger charge is -2.35. The van der Waals surface area contributed by atoms with Crippen LogP contribution < -0.4 is 11.1 Å². The van der Waals surface area contributed by atoms with Crippen LogP contribution in [0.2, 0.25) is 0 Å². The fourth-order valence-electron chi connectivity index (χ4n) is 2.00. The van der Waals surface area contributed by atoms with E-state index in [9.17, 15) is 4.79 Å². The lowest BCUT2D eigenvalue weighted by Crippen LogP contribution is -2.60. The standard InChI is InChI=1S/C11H22N4O3/c1-3-11(4-2,9(12)14-17)13-10(16)15-5-7-18-8-6-15/h17H,3-8H2,1-2H3,(H2,12,14)(H,13,16). The summed E-state index contributed by atoms with van der Waals surface area (Å²) >= 11 is 0. The zero-order chi connectivity index (χ0) is 13.6. The monoisotopic (exact) mass is 258 g/mol. The van der Waals surface area contributed by atoms with Gasteiger partial charge in [-0.25, -0.2) is 4.79 Å². The Morgan fingerprint density at radius 3 is 2.44 bits per heavy atom. The van der Waals surface area contributed by atoms with E-state index in [2.05, 4.69) is 10.5 Å². The molecule has 0 radical (unpaired) electrons. The number of oxime groups is 1. The van der Waals surface area contributed by atoms with Crippen molar-refractivity contribution in [2.45, 2.75) is 32.2 Å². The lowest BCUT2D eigenvalue weighted by atomic mass is 9.91. The van der Waals surface area contributed by atoms with Gasteiger partial charge in [-0.15, -0.1) is 0 Å². The van der Waals surface area contributed by atoms with Crippen LogP contribution in [0, 0.1) is 0 Å². The second-order valence-corrected chi connectivity index (χ2v) is 4.30. The average Bonchev–Trinajstić information content (AvgIpc) is 2.44. The Hall–Kier alpha value is -1.50. The van der Waals surface area contributed by atoms with Gasteiger partial charge in [-0.3, -0.25) is 0 Å². The molecule has 1 fully saturated rings. The number of carbonyl (C=O) groups excluding carboxylic acids is 1. The van der Waals surface area contributed by atoms with E-state index in [1.165, 1.54) is 0 Å². The van der Waals surface area contributed by atoms with E-state index in [1.54, 1.807) is 4.90 Å². The number of nitrogens with one attached hydrogen (secondary N) is 1. The van der Waals surface area contributed by atoms with E-state index in [0.717, 1.165) is 0 Å². The van der Waals surface area contributed by atoms with Crippen LogP contribution in [-0.4, -0.2) is 53.8 Å². The van der Waals surface area contributed by atoms with Crippen molar-refractivity contribution in [1.29, 1.82) is 0 Å². The van der Waals surface area contributed by atoms with Crippen LogP contribution >= 0.6 is 0 Å². The van der Waals surface area contributed by atoms with Gasteiger partial charge in [-0.05, 0) is 12.8 Å². The summed E-state index contributed by atoms with van der Waals surface area (Å²) in [5.41, 5.74) is 4.91. The van der Waals surface area contributed by atoms with E-state index >= 15 is 0 Å². The molecule has 0 bridgehead atoms. The summed E-state index contributed by atoms with van der Waals surface area (Å²) in [7, 11) is 0. The van der Waals surface area contributed by atoms with Gasteiger partial charge in [0.05, 0.1) is 13.2 Å². The third-order valence-electron chi connectivity index (χ3n) is 3.45. The van der Waals surface area contributed by atoms with Gasteiger partial charge in [0.1, 0.15) is 5.54 Å². The Kier molecular flexibility index (Phi) is 5.21. The maximum absolute atomic E-state index is 12.1. The number of amidine groups is 1. The van der Waals surface area contributed by atoms with Crippen LogP contribution in [0.1, 0.15) is 26.7 Å². The molecule has 1 saturated heterocycles. The van der Waals surface area contributed by atoms with E-state index in [-0.39, 0.29) is 11.9 Å². The third kappa shape index (κ3) is 3.04. The maximum atomic E-state index is 12.1. The Bertz CT molecular complexity index is 309. The van der Waals surface area contributed by atoms with E-state index in [0.29, 0.717) is 39.1 Å². The van der Waals surface area contributed by atoms with Gasteiger partial charge < -0.3 is 25.9 Å². The molecule has 18 heavy (non-hydrogen) atoms. The van der Waals surface area contributed by atoms with Crippen molar-refractivity contribution in [2.75, 3.05) is 26.3 Å². The molecule has 1 aliphatic heterocycles. The zero-order valence-corrected chi connectivity index (χ0v) is 11.0. The summed E-state index contributed by atoms with van der Waals surface area (Å²) in [6.45, 7) is 5.99. The van der Waals surface area contributed by atoms with Crippen molar-refractivity contribution >= 4 is 11.9 Å². The second-order valence-electron chi connectivity index (χ2n) is 4.30. The molecule has 4 N–H and O–H groups in total. The Balaban J connectivity index is 2.74. The summed E-state index contributed by atoms with van der Waals surface area (Å²) in [5, 5.41) is 14.7. The van der Waals surface area contributed by atoms with Crippen molar-refractivity contribution in [1.82, 2.24) is 10.2 Å². The number of ether oxygens (including phenoxy) is 1. The number of amides is 2. The number of hydrogen-bond acceptors (Lipinski definition) is 4. The summed E-state index contributed by atoms with van der Waals surface area (Å²) in [6.07, 6.45) is 1.13. The molecule has 2 amide bonds. The number of morpholine rings is 1. The highest BCUT2D eigenvalue weighted by molar-refractivity contribution is 5.93. The quantitative estimate of drug-likeness (QED) is 0.293. The number of rotatable bonds is 4. The van der Waals surface area contributed by atoms with Gasteiger partial charge in [0.15, 0.2) is 5.84 Å². The zero-order valence-electron chi connectivity index (χ0n) is 11.0. The summed E-state index contributed by atoms with van der Waals surface area (Å²) in [6, 6.07) is -0.200. The van der Waals surface area contributed by atoms with Crippen molar-refractivity contribution in [3.63, 3.8) is 0 Å². The van der Waals surface area contributed by atoms with Crippen molar-refractivity contribution in [3.05, 3.63) is 0 Å². The SMILES string of the molecule is CCC(CC)(NC(=O)N1CCOCC1)C(N)=NO. The molecule has 0 unspecified atom stereocenters. The first-order chi connectivity index (χ1) is 8.59. The van der Waals surface area contributed by atoms with Crippen molar-refractivity contribution in [3.8, 4) is 0 Å². The molecule has 7 nitrogen and oxygen atoms in total. The molecule has 1 heterocycles. The minimum Gasteiger partial charge on any atom is -0.409 e. The topological polar surface area (TPSA) is 100 Å². The normalized spacial score (nSPS) is 17.7. The fourth-order valence-corrected chi connectivity index (χ4v) is 2.00.